The summed E-state index contributed by atoms with van der Waals surface area (Å²) in [6.07, 6.45) is 5.66. The molecule has 0 aromatic carbocycles. The third-order valence-corrected chi connectivity index (χ3v) is 4.04. The third-order valence-electron chi connectivity index (χ3n) is 3.24. The minimum atomic E-state index is 0.429. The van der Waals surface area contributed by atoms with Gasteiger partial charge in [0, 0.05) is 17.1 Å². The number of thiazole rings is 1. The summed E-state index contributed by atoms with van der Waals surface area (Å²) in [7, 11) is 0. The maximum absolute atomic E-state index is 5.99. The highest BCUT2D eigenvalue weighted by molar-refractivity contribution is 7.09. The number of nitrogens with zero attached hydrogens (tertiary/aromatic N) is 1. The minimum Gasteiger partial charge on any atom is -0.327 e. The zero-order valence-electron chi connectivity index (χ0n) is 7.94. The van der Waals surface area contributed by atoms with E-state index in [0.29, 0.717) is 12.0 Å². The zero-order valence-corrected chi connectivity index (χ0v) is 8.76. The lowest BCUT2D eigenvalue weighted by Gasteiger charge is -2.16. The Morgan fingerprint density at radius 3 is 3.00 bits per heavy atom. The highest BCUT2D eigenvalue weighted by atomic mass is 32.1. The van der Waals surface area contributed by atoms with E-state index in [2.05, 4.69) is 11.9 Å². The zero-order chi connectivity index (χ0) is 9.26. The molecule has 0 amide bonds. The molecule has 1 aliphatic rings. The molecule has 72 valence electrons. The molecule has 2 N–H and O–H groups in total. The second-order valence-electron chi connectivity index (χ2n) is 4.03. The van der Waals surface area contributed by atoms with Gasteiger partial charge < -0.3 is 5.73 Å². The first-order valence-corrected chi connectivity index (χ1v) is 5.78. The van der Waals surface area contributed by atoms with Crippen LogP contribution in [0.1, 0.15) is 24.6 Å². The molecule has 0 aliphatic heterocycles. The predicted octanol–water partition coefficient (Wildman–Crippen LogP) is 2.06. The lowest BCUT2D eigenvalue weighted by Crippen LogP contribution is -2.25. The van der Waals surface area contributed by atoms with Gasteiger partial charge in [0.2, 0.25) is 0 Å². The Bertz CT molecular complexity index is 258. The Morgan fingerprint density at radius 1 is 1.62 bits per heavy atom. The molecule has 0 spiro atoms. The van der Waals surface area contributed by atoms with Crippen LogP contribution >= 0.6 is 11.3 Å². The molecule has 3 unspecified atom stereocenters. The van der Waals surface area contributed by atoms with Crippen LogP contribution in [0.15, 0.2) is 11.7 Å². The van der Waals surface area contributed by atoms with Gasteiger partial charge in [-0.25, -0.2) is 0 Å². The number of hydrogen-bond acceptors (Lipinski definition) is 3. The molecular formula is C10H16N2S. The largest absolute Gasteiger partial charge is 0.327 e. The minimum absolute atomic E-state index is 0.429. The summed E-state index contributed by atoms with van der Waals surface area (Å²) >= 11 is 1.76. The van der Waals surface area contributed by atoms with Crippen molar-refractivity contribution < 1.29 is 0 Å². The van der Waals surface area contributed by atoms with E-state index in [-0.39, 0.29) is 0 Å². The second-order valence-corrected chi connectivity index (χ2v) is 5.00. The molecule has 3 heteroatoms. The molecule has 2 nitrogen and oxygen atoms in total. The molecule has 1 aromatic rings. The van der Waals surface area contributed by atoms with E-state index in [1.807, 2.05) is 11.7 Å². The van der Waals surface area contributed by atoms with Gasteiger partial charge in [-0.1, -0.05) is 6.92 Å². The molecular weight excluding hydrogens is 180 g/mol. The Labute approximate surface area is 83.2 Å². The summed E-state index contributed by atoms with van der Waals surface area (Å²) in [5.41, 5.74) is 7.90. The van der Waals surface area contributed by atoms with Crippen molar-refractivity contribution in [1.82, 2.24) is 4.98 Å². The summed E-state index contributed by atoms with van der Waals surface area (Å²) in [5.74, 6) is 1.47. The van der Waals surface area contributed by atoms with E-state index in [4.69, 9.17) is 5.73 Å². The van der Waals surface area contributed by atoms with Crippen LogP contribution in [0.4, 0.5) is 0 Å². The highest BCUT2D eigenvalue weighted by Crippen LogP contribution is 2.33. The average Bonchev–Trinajstić information content (AvgIpc) is 2.71. The van der Waals surface area contributed by atoms with Crippen LogP contribution in [0.2, 0.25) is 0 Å². The SMILES string of the molecule is CC1C(N)CCC1Cc1cncs1. The number of rotatable bonds is 2. The summed E-state index contributed by atoms with van der Waals surface area (Å²) in [4.78, 5) is 5.50. The molecule has 0 bridgehead atoms. The molecule has 1 aromatic heterocycles. The monoisotopic (exact) mass is 196 g/mol. The van der Waals surface area contributed by atoms with E-state index in [1.54, 1.807) is 11.3 Å². The maximum atomic E-state index is 5.99. The molecule has 0 saturated heterocycles. The van der Waals surface area contributed by atoms with Crippen molar-refractivity contribution in [3.05, 3.63) is 16.6 Å². The van der Waals surface area contributed by atoms with Crippen LogP contribution < -0.4 is 5.73 Å². The van der Waals surface area contributed by atoms with E-state index in [0.717, 1.165) is 5.92 Å². The van der Waals surface area contributed by atoms with E-state index >= 15 is 0 Å². The Balaban J connectivity index is 1.96. The van der Waals surface area contributed by atoms with E-state index in [1.165, 1.54) is 24.1 Å². The van der Waals surface area contributed by atoms with Crippen molar-refractivity contribution in [2.45, 2.75) is 32.2 Å². The quantitative estimate of drug-likeness (QED) is 0.786. The molecule has 1 saturated carbocycles. The second kappa shape index (κ2) is 3.76. The standard InChI is InChI=1S/C10H16N2S/c1-7-8(2-3-10(7)11)4-9-5-12-6-13-9/h5-8,10H,2-4,11H2,1H3. The van der Waals surface area contributed by atoms with Crippen LogP contribution in [0.25, 0.3) is 0 Å². The van der Waals surface area contributed by atoms with Crippen molar-refractivity contribution in [2.24, 2.45) is 17.6 Å². The van der Waals surface area contributed by atoms with Gasteiger partial charge >= 0.3 is 0 Å². The van der Waals surface area contributed by atoms with Crippen LogP contribution in [-0.4, -0.2) is 11.0 Å². The smallest absolute Gasteiger partial charge is 0.0794 e. The van der Waals surface area contributed by atoms with Gasteiger partial charge in [-0.3, -0.25) is 4.98 Å². The van der Waals surface area contributed by atoms with Crippen LogP contribution in [0, 0.1) is 11.8 Å². The van der Waals surface area contributed by atoms with Crippen molar-refractivity contribution in [3.8, 4) is 0 Å². The molecule has 1 fully saturated rings. The van der Waals surface area contributed by atoms with Crippen LogP contribution in [-0.2, 0) is 6.42 Å². The Kier molecular flexibility index (Phi) is 2.65. The summed E-state index contributed by atoms with van der Waals surface area (Å²) in [6.45, 7) is 2.28. The van der Waals surface area contributed by atoms with Gasteiger partial charge in [0.1, 0.15) is 0 Å². The topological polar surface area (TPSA) is 38.9 Å². The van der Waals surface area contributed by atoms with Crippen molar-refractivity contribution in [3.63, 3.8) is 0 Å². The summed E-state index contributed by atoms with van der Waals surface area (Å²) < 4.78 is 0. The Morgan fingerprint density at radius 2 is 2.46 bits per heavy atom. The number of nitrogens with two attached hydrogens (primary N) is 1. The fourth-order valence-corrected chi connectivity index (χ4v) is 2.86. The normalized spacial score (nSPS) is 33.8. The summed E-state index contributed by atoms with van der Waals surface area (Å²) in [5, 5.41) is 0. The average molecular weight is 196 g/mol. The Hall–Kier alpha value is -0.410. The first-order chi connectivity index (χ1) is 6.27. The fourth-order valence-electron chi connectivity index (χ4n) is 2.17. The van der Waals surface area contributed by atoms with Crippen molar-refractivity contribution in [1.29, 1.82) is 0 Å². The van der Waals surface area contributed by atoms with E-state index in [9.17, 15) is 0 Å². The molecule has 3 atom stereocenters. The maximum Gasteiger partial charge on any atom is 0.0794 e. The lowest BCUT2D eigenvalue weighted by atomic mass is 9.93. The van der Waals surface area contributed by atoms with Gasteiger partial charge in [-0.05, 0) is 31.1 Å². The van der Waals surface area contributed by atoms with E-state index < -0.39 is 0 Å². The first kappa shape index (κ1) is 9.16. The molecule has 2 rings (SSSR count). The van der Waals surface area contributed by atoms with Crippen molar-refractivity contribution in [2.75, 3.05) is 0 Å². The van der Waals surface area contributed by atoms with Gasteiger partial charge in [-0.2, -0.15) is 0 Å². The van der Waals surface area contributed by atoms with Crippen molar-refractivity contribution >= 4 is 11.3 Å². The van der Waals surface area contributed by atoms with Crippen LogP contribution in [0.3, 0.4) is 0 Å². The van der Waals surface area contributed by atoms with Gasteiger partial charge in [0.05, 0.1) is 5.51 Å². The summed E-state index contributed by atoms with van der Waals surface area (Å²) in [6, 6.07) is 0.429. The molecule has 13 heavy (non-hydrogen) atoms. The molecule has 1 heterocycles. The molecule has 0 radical (unpaired) electrons. The van der Waals surface area contributed by atoms with Gasteiger partial charge in [0.15, 0.2) is 0 Å². The molecule has 1 aliphatic carbocycles. The van der Waals surface area contributed by atoms with Gasteiger partial charge in [0.25, 0.3) is 0 Å². The first-order valence-electron chi connectivity index (χ1n) is 4.90. The predicted molar refractivity (Wildman–Crippen MR) is 55.7 cm³/mol. The van der Waals surface area contributed by atoms with Gasteiger partial charge in [-0.15, -0.1) is 11.3 Å². The third kappa shape index (κ3) is 1.92. The number of hydrogen-bond donors (Lipinski definition) is 1. The fraction of sp³-hybridized carbons (Fsp3) is 0.700. The number of aromatic nitrogens is 1. The van der Waals surface area contributed by atoms with Crippen LogP contribution in [0.5, 0.6) is 0 Å². The lowest BCUT2D eigenvalue weighted by molar-refractivity contribution is 0.392. The highest BCUT2D eigenvalue weighted by Gasteiger charge is 2.30.